The number of carbonyl (C=O) groups is 3. The minimum Gasteiger partial charge on any atom is -0.492 e. The van der Waals surface area contributed by atoms with Gasteiger partial charge in [-0.2, -0.15) is 0 Å². The predicted molar refractivity (Wildman–Crippen MR) is 109 cm³/mol. The van der Waals surface area contributed by atoms with E-state index in [0.717, 1.165) is 5.56 Å². The Labute approximate surface area is 173 Å². The monoisotopic (exact) mass is 416 g/mol. The molecule has 29 heavy (non-hydrogen) atoms. The first-order valence-electron chi connectivity index (χ1n) is 9.12. The molecule has 0 bridgehead atoms. The van der Waals surface area contributed by atoms with E-state index in [-0.39, 0.29) is 12.5 Å². The van der Waals surface area contributed by atoms with Crippen LogP contribution < -0.4 is 15.4 Å². The van der Waals surface area contributed by atoms with E-state index >= 15 is 0 Å². The number of carbonyl (C=O) groups excluding carboxylic acids is 3. The number of ether oxygens (including phenoxy) is 2. The van der Waals surface area contributed by atoms with E-state index in [9.17, 15) is 14.4 Å². The van der Waals surface area contributed by atoms with Gasteiger partial charge in [0.15, 0.2) is 6.10 Å². The summed E-state index contributed by atoms with van der Waals surface area (Å²) in [5.74, 6) is -0.941. The van der Waals surface area contributed by atoms with Crippen LogP contribution in [0.4, 0.5) is 11.4 Å². The largest absolute Gasteiger partial charge is 0.492 e. The van der Waals surface area contributed by atoms with Crippen molar-refractivity contribution in [3.05, 3.63) is 53.1 Å². The number of hydrogen-bond acceptors (Lipinski definition) is 5. The van der Waals surface area contributed by atoms with Gasteiger partial charge >= 0.3 is 5.97 Å². The third kappa shape index (κ3) is 5.48. The summed E-state index contributed by atoms with van der Waals surface area (Å²) in [6.45, 7) is 3.11. The molecule has 0 aliphatic carbocycles. The van der Waals surface area contributed by atoms with Crippen molar-refractivity contribution in [3.8, 4) is 5.75 Å². The van der Waals surface area contributed by atoms with Crippen molar-refractivity contribution in [2.24, 2.45) is 5.92 Å². The Morgan fingerprint density at radius 3 is 2.41 bits per heavy atom. The predicted octanol–water partition coefficient (Wildman–Crippen LogP) is 3.42. The van der Waals surface area contributed by atoms with Crippen molar-refractivity contribution < 1.29 is 23.9 Å². The highest BCUT2D eigenvalue weighted by Crippen LogP contribution is 2.30. The first-order chi connectivity index (χ1) is 13.8. The van der Waals surface area contributed by atoms with Crippen LogP contribution in [0.3, 0.4) is 0 Å². The maximum Gasteiger partial charge on any atom is 0.313 e. The molecule has 2 aromatic carbocycles. The number of nitrogens with one attached hydrogen (secondary N) is 2. The minimum atomic E-state index is -0.974. The summed E-state index contributed by atoms with van der Waals surface area (Å²) in [6.07, 6.45) is -0.536. The Morgan fingerprint density at radius 1 is 1.10 bits per heavy atom. The van der Waals surface area contributed by atoms with Gasteiger partial charge in [0, 0.05) is 23.3 Å². The van der Waals surface area contributed by atoms with Crippen molar-refractivity contribution in [2.75, 3.05) is 17.2 Å². The molecule has 2 N–H and O–H groups in total. The lowest BCUT2D eigenvalue weighted by Crippen LogP contribution is -2.36. The summed E-state index contributed by atoms with van der Waals surface area (Å²) in [5, 5.41) is 5.88. The topological polar surface area (TPSA) is 93.7 Å². The number of amides is 2. The maximum atomic E-state index is 12.5. The van der Waals surface area contributed by atoms with Crippen LogP contribution in [0.25, 0.3) is 0 Å². The van der Waals surface area contributed by atoms with Crippen LogP contribution in [0.15, 0.2) is 42.5 Å². The molecule has 0 fully saturated rings. The Kier molecular flexibility index (Phi) is 6.39. The van der Waals surface area contributed by atoms with Crippen LogP contribution in [0.5, 0.6) is 5.75 Å². The van der Waals surface area contributed by atoms with E-state index in [1.165, 1.54) is 13.8 Å². The lowest BCUT2D eigenvalue weighted by molar-refractivity contribution is -0.158. The van der Waals surface area contributed by atoms with Gasteiger partial charge in [-0.25, -0.2) is 0 Å². The molecule has 0 spiro atoms. The van der Waals surface area contributed by atoms with E-state index in [1.807, 2.05) is 0 Å². The van der Waals surface area contributed by atoms with Crippen molar-refractivity contribution >= 4 is 40.8 Å². The first kappa shape index (κ1) is 20.7. The second-order valence-electron chi connectivity index (χ2n) is 6.79. The van der Waals surface area contributed by atoms with E-state index < -0.39 is 23.9 Å². The average Bonchev–Trinajstić information content (AvgIpc) is 2.68. The summed E-state index contributed by atoms with van der Waals surface area (Å²) in [4.78, 5) is 35.8. The van der Waals surface area contributed by atoms with Crippen molar-refractivity contribution in [1.29, 1.82) is 0 Å². The summed E-state index contributed by atoms with van der Waals surface area (Å²) in [6, 6.07) is 11.9. The standard InChI is InChI=1S/C21H21ClN2O5/c1-12(20(26)24-18-6-4-17(5-7-18)23-13(2)25)29-21(27)15-9-14-10-16(22)3-8-19(14)28-11-15/h3-8,10,12,15H,9,11H2,1-2H3,(H,23,25)(H,24,26)/t12-,15-/m1/s1. The van der Waals surface area contributed by atoms with E-state index in [4.69, 9.17) is 21.1 Å². The highest BCUT2D eigenvalue weighted by Gasteiger charge is 2.30. The maximum absolute atomic E-state index is 12.5. The summed E-state index contributed by atoms with van der Waals surface area (Å²) >= 11 is 6.00. The molecular formula is C21H21ClN2O5. The smallest absolute Gasteiger partial charge is 0.313 e. The number of benzene rings is 2. The second kappa shape index (κ2) is 8.96. The fourth-order valence-corrected chi connectivity index (χ4v) is 3.12. The highest BCUT2D eigenvalue weighted by molar-refractivity contribution is 6.30. The zero-order chi connectivity index (χ0) is 21.0. The quantitative estimate of drug-likeness (QED) is 0.728. The number of esters is 1. The van der Waals surface area contributed by atoms with E-state index in [0.29, 0.717) is 28.6 Å². The number of halogens is 1. The van der Waals surface area contributed by atoms with Crippen molar-refractivity contribution in [2.45, 2.75) is 26.4 Å². The fraction of sp³-hybridized carbons (Fsp3) is 0.286. The zero-order valence-electron chi connectivity index (χ0n) is 16.0. The van der Waals surface area contributed by atoms with Crippen LogP contribution in [-0.2, 0) is 25.5 Å². The summed E-state index contributed by atoms with van der Waals surface area (Å²) in [7, 11) is 0. The Bertz CT molecular complexity index is 929. The van der Waals surface area contributed by atoms with Crippen LogP contribution in [-0.4, -0.2) is 30.5 Å². The van der Waals surface area contributed by atoms with Gasteiger partial charge in [0.05, 0.1) is 5.92 Å². The van der Waals surface area contributed by atoms with Gasteiger partial charge < -0.3 is 20.1 Å². The van der Waals surface area contributed by atoms with Gasteiger partial charge in [0.25, 0.3) is 5.91 Å². The van der Waals surface area contributed by atoms with Crippen molar-refractivity contribution in [3.63, 3.8) is 0 Å². The number of hydrogen-bond donors (Lipinski definition) is 2. The molecule has 152 valence electrons. The molecule has 0 radical (unpaired) electrons. The third-order valence-corrected chi connectivity index (χ3v) is 4.63. The second-order valence-corrected chi connectivity index (χ2v) is 7.23. The van der Waals surface area contributed by atoms with Crippen LogP contribution in [0.2, 0.25) is 5.02 Å². The molecule has 0 unspecified atom stereocenters. The molecule has 3 rings (SSSR count). The Morgan fingerprint density at radius 2 is 1.76 bits per heavy atom. The van der Waals surface area contributed by atoms with Crippen LogP contribution >= 0.6 is 11.6 Å². The lowest BCUT2D eigenvalue weighted by Gasteiger charge is -2.25. The fourth-order valence-electron chi connectivity index (χ4n) is 2.92. The van der Waals surface area contributed by atoms with Gasteiger partial charge in [-0.15, -0.1) is 0 Å². The number of fused-ring (bicyclic) bond motifs is 1. The minimum absolute atomic E-state index is 0.182. The molecule has 2 aromatic rings. The molecular weight excluding hydrogens is 396 g/mol. The summed E-state index contributed by atoms with van der Waals surface area (Å²) < 4.78 is 10.9. The zero-order valence-corrected chi connectivity index (χ0v) is 16.8. The highest BCUT2D eigenvalue weighted by atomic mass is 35.5. The molecule has 7 nitrogen and oxygen atoms in total. The normalized spacial score (nSPS) is 16.0. The first-order valence-corrected chi connectivity index (χ1v) is 9.50. The Balaban J connectivity index is 1.54. The summed E-state index contributed by atoms with van der Waals surface area (Å²) in [5.41, 5.74) is 1.98. The molecule has 0 saturated carbocycles. The molecule has 0 aromatic heterocycles. The van der Waals surface area contributed by atoms with Crippen LogP contribution in [0.1, 0.15) is 19.4 Å². The van der Waals surface area contributed by atoms with Gasteiger partial charge in [0.2, 0.25) is 5.91 Å². The third-order valence-electron chi connectivity index (χ3n) is 4.40. The molecule has 2 amide bonds. The number of rotatable bonds is 5. The molecule has 1 aliphatic heterocycles. The van der Waals surface area contributed by atoms with E-state index in [1.54, 1.807) is 42.5 Å². The van der Waals surface area contributed by atoms with Gasteiger partial charge in [-0.1, -0.05) is 11.6 Å². The average molecular weight is 417 g/mol. The molecule has 0 saturated heterocycles. The molecule has 1 aliphatic rings. The molecule has 8 heteroatoms. The van der Waals surface area contributed by atoms with Crippen LogP contribution in [0, 0.1) is 5.92 Å². The van der Waals surface area contributed by atoms with Gasteiger partial charge in [-0.3, -0.25) is 14.4 Å². The molecule has 1 heterocycles. The molecule has 2 atom stereocenters. The van der Waals surface area contributed by atoms with Gasteiger partial charge in [0.1, 0.15) is 12.4 Å². The van der Waals surface area contributed by atoms with Gasteiger partial charge in [-0.05, 0) is 61.4 Å². The Hall–Kier alpha value is -3.06. The lowest BCUT2D eigenvalue weighted by atomic mass is 9.97. The SMILES string of the molecule is CC(=O)Nc1ccc(NC(=O)[C@@H](C)OC(=O)[C@H]2COc3ccc(Cl)cc3C2)cc1. The van der Waals surface area contributed by atoms with Crippen molar-refractivity contribution in [1.82, 2.24) is 0 Å². The number of anilines is 2. The van der Waals surface area contributed by atoms with E-state index in [2.05, 4.69) is 10.6 Å².